The molecule has 2 aromatic carbocycles. The number of hydrogen-bond acceptors (Lipinski definition) is 2. The van der Waals surface area contributed by atoms with Crippen LogP contribution in [0, 0.1) is 0 Å². The van der Waals surface area contributed by atoms with Crippen molar-refractivity contribution in [1.82, 2.24) is 5.32 Å². The number of amides is 1. The summed E-state index contributed by atoms with van der Waals surface area (Å²) in [6.45, 7) is 1.90. The Labute approximate surface area is 125 Å². The Bertz CT molecular complexity index is 510. The van der Waals surface area contributed by atoms with E-state index in [9.17, 15) is 9.90 Å². The zero-order valence-electron chi connectivity index (χ0n) is 12.2. The molecule has 0 aliphatic rings. The summed E-state index contributed by atoms with van der Waals surface area (Å²) in [7, 11) is 0. The SMILES string of the molecule is CCC(CO)NC(=O)C(c1ccccc1)c1ccccc1. The molecule has 110 valence electrons. The van der Waals surface area contributed by atoms with E-state index in [0.717, 1.165) is 11.1 Å². The molecule has 2 aromatic rings. The number of aliphatic hydroxyl groups is 1. The standard InChI is InChI=1S/C18H21NO2/c1-2-16(13-20)19-18(21)17(14-9-5-3-6-10-14)15-11-7-4-8-12-15/h3-12,16-17,20H,2,13H2,1H3,(H,19,21). The molecule has 0 saturated carbocycles. The molecule has 2 N–H and O–H groups in total. The highest BCUT2D eigenvalue weighted by atomic mass is 16.3. The highest BCUT2D eigenvalue weighted by Crippen LogP contribution is 2.24. The summed E-state index contributed by atoms with van der Waals surface area (Å²) in [5, 5.41) is 12.2. The highest BCUT2D eigenvalue weighted by Gasteiger charge is 2.23. The minimum atomic E-state index is -0.354. The van der Waals surface area contributed by atoms with Gasteiger partial charge in [-0.05, 0) is 17.5 Å². The fourth-order valence-corrected chi connectivity index (χ4v) is 2.35. The number of carbonyl (C=O) groups is 1. The van der Waals surface area contributed by atoms with E-state index >= 15 is 0 Å². The lowest BCUT2D eigenvalue weighted by atomic mass is 9.90. The van der Waals surface area contributed by atoms with Gasteiger partial charge in [-0.2, -0.15) is 0 Å². The largest absolute Gasteiger partial charge is 0.394 e. The lowest BCUT2D eigenvalue weighted by Crippen LogP contribution is -2.40. The van der Waals surface area contributed by atoms with Gasteiger partial charge in [0.1, 0.15) is 0 Å². The number of rotatable bonds is 6. The molecule has 0 bridgehead atoms. The van der Waals surface area contributed by atoms with Crippen LogP contribution in [-0.2, 0) is 4.79 Å². The Kier molecular flexibility index (Phi) is 5.52. The van der Waals surface area contributed by atoms with Crippen molar-refractivity contribution >= 4 is 5.91 Å². The van der Waals surface area contributed by atoms with Gasteiger partial charge >= 0.3 is 0 Å². The summed E-state index contributed by atoms with van der Waals surface area (Å²) in [6, 6.07) is 19.2. The molecule has 1 unspecified atom stereocenters. The topological polar surface area (TPSA) is 49.3 Å². The maximum absolute atomic E-state index is 12.7. The van der Waals surface area contributed by atoms with Gasteiger partial charge in [-0.25, -0.2) is 0 Å². The van der Waals surface area contributed by atoms with Gasteiger partial charge in [0.05, 0.1) is 18.6 Å². The second kappa shape index (κ2) is 7.60. The maximum Gasteiger partial charge on any atom is 0.232 e. The first-order valence-electron chi connectivity index (χ1n) is 7.27. The van der Waals surface area contributed by atoms with Crippen LogP contribution in [0.25, 0.3) is 0 Å². The number of hydrogen-bond donors (Lipinski definition) is 2. The maximum atomic E-state index is 12.7. The average molecular weight is 283 g/mol. The third-order valence-electron chi connectivity index (χ3n) is 3.59. The van der Waals surface area contributed by atoms with Gasteiger partial charge in [-0.15, -0.1) is 0 Å². The Morgan fingerprint density at radius 3 is 1.86 bits per heavy atom. The van der Waals surface area contributed by atoms with Crippen LogP contribution in [-0.4, -0.2) is 23.7 Å². The van der Waals surface area contributed by atoms with Crippen LogP contribution in [0.2, 0.25) is 0 Å². The van der Waals surface area contributed by atoms with E-state index in [1.165, 1.54) is 0 Å². The first-order valence-corrected chi connectivity index (χ1v) is 7.27. The van der Waals surface area contributed by atoms with Crippen molar-refractivity contribution in [2.45, 2.75) is 25.3 Å². The normalized spacial score (nSPS) is 12.1. The molecular weight excluding hydrogens is 262 g/mol. The fourth-order valence-electron chi connectivity index (χ4n) is 2.35. The zero-order valence-corrected chi connectivity index (χ0v) is 12.2. The summed E-state index contributed by atoms with van der Waals surface area (Å²) >= 11 is 0. The third kappa shape index (κ3) is 3.92. The molecule has 21 heavy (non-hydrogen) atoms. The van der Waals surface area contributed by atoms with Crippen LogP contribution >= 0.6 is 0 Å². The third-order valence-corrected chi connectivity index (χ3v) is 3.59. The second-order valence-electron chi connectivity index (χ2n) is 5.05. The van der Waals surface area contributed by atoms with E-state index < -0.39 is 0 Å². The van der Waals surface area contributed by atoms with E-state index in [-0.39, 0.29) is 24.5 Å². The van der Waals surface area contributed by atoms with Gasteiger partial charge in [0.15, 0.2) is 0 Å². The Morgan fingerprint density at radius 1 is 1.00 bits per heavy atom. The molecule has 3 nitrogen and oxygen atoms in total. The van der Waals surface area contributed by atoms with Crippen LogP contribution < -0.4 is 5.32 Å². The molecule has 0 spiro atoms. The Morgan fingerprint density at radius 2 is 1.48 bits per heavy atom. The summed E-state index contributed by atoms with van der Waals surface area (Å²) < 4.78 is 0. The van der Waals surface area contributed by atoms with Gasteiger partial charge < -0.3 is 10.4 Å². The molecular formula is C18H21NO2. The van der Waals surface area contributed by atoms with Crippen LogP contribution in [0.3, 0.4) is 0 Å². The van der Waals surface area contributed by atoms with Gasteiger partial charge in [0.25, 0.3) is 0 Å². The van der Waals surface area contributed by atoms with Crippen LogP contribution in [0.1, 0.15) is 30.4 Å². The van der Waals surface area contributed by atoms with Crippen LogP contribution in [0.5, 0.6) is 0 Å². The number of aliphatic hydroxyl groups excluding tert-OH is 1. The van der Waals surface area contributed by atoms with Crippen molar-refractivity contribution in [3.8, 4) is 0 Å². The van der Waals surface area contributed by atoms with Gasteiger partial charge in [-0.1, -0.05) is 67.6 Å². The number of benzene rings is 2. The lowest BCUT2D eigenvalue weighted by Gasteiger charge is -2.21. The fraction of sp³-hybridized carbons (Fsp3) is 0.278. The van der Waals surface area contributed by atoms with Crippen molar-refractivity contribution in [3.63, 3.8) is 0 Å². The smallest absolute Gasteiger partial charge is 0.232 e. The molecule has 1 atom stereocenters. The molecule has 0 aromatic heterocycles. The summed E-state index contributed by atoms with van der Waals surface area (Å²) in [5.41, 5.74) is 1.91. The summed E-state index contributed by atoms with van der Waals surface area (Å²) in [6.07, 6.45) is 0.707. The molecule has 0 aliphatic heterocycles. The van der Waals surface area contributed by atoms with Crippen molar-refractivity contribution in [3.05, 3.63) is 71.8 Å². The molecule has 0 saturated heterocycles. The monoisotopic (exact) mass is 283 g/mol. The average Bonchev–Trinajstić information content (AvgIpc) is 2.55. The predicted molar refractivity (Wildman–Crippen MR) is 84.0 cm³/mol. The summed E-state index contributed by atoms with van der Waals surface area (Å²) in [5.74, 6) is -0.429. The van der Waals surface area contributed by atoms with E-state index in [1.807, 2.05) is 67.6 Å². The minimum absolute atomic E-state index is 0.0431. The minimum Gasteiger partial charge on any atom is -0.394 e. The molecule has 0 fully saturated rings. The quantitative estimate of drug-likeness (QED) is 0.856. The first kappa shape index (κ1) is 15.3. The van der Waals surface area contributed by atoms with Gasteiger partial charge in [0.2, 0.25) is 5.91 Å². The molecule has 0 radical (unpaired) electrons. The predicted octanol–water partition coefficient (Wildman–Crippen LogP) is 2.71. The van der Waals surface area contributed by atoms with E-state index in [4.69, 9.17) is 0 Å². The van der Waals surface area contributed by atoms with Gasteiger partial charge in [0, 0.05) is 0 Å². The Hall–Kier alpha value is -2.13. The zero-order chi connectivity index (χ0) is 15.1. The lowest BCUT2D eigenvalue weighted by molar-refractivity contribution is -0.122. The van der Waals surface area contributed by atoms with E-state index in [2.05, 4.69) is 5.32 Å². The molecule has 0 heterocycles. The van der Waals surface area contributed by atoms with Crippen molar-refractivity contribution in [1.29, 1.82) is 0 Å². The van der Waals surface area contributed by atoms with Crippen molar-refractivity contribution < 1.29 is 9.90 Å². The second-order valence-corrected chi connectivity index (χ2v) is 5.05. The summed E-state index contributed by atoms with van der Waals surface area (Å²) in [4.78, 5) is 12.7. The van der Waals surface area contributed by atoms with Crippen LogP contribution in [0.15, 0.2) is 60.7 Å². The molecule has 2 rings (SSSR count). The van der Waals surface area contributed by atoms with E-state index in [1.54, 1.807) is 0 Å². The van der Waals surface area contributed by atoms with Crippen molar-refractivity contribution in [2.75, 3.05) is 6.61 Å². The highest BCUT2D eigenvalue weighted by molar-refractivity contribution is 5.87. The molecule has 0 aliphatic carbocycles. The number of nitrogens with one attached hydrogen (secondary N) is 1. The molecule has 3 heteroatoms. The number of carbonyl (C=O) groups excluding carboxylic acids is 1. The van der Waals surface area contributed by atoms with Crippen LogP contribution in [0.4, 0.5) is 0 Å². The van der Waals surface area contributed by atoms with Gasteiger partial charge in [-0.3, -0.25) is 4.79 Å². The van der Waals surface area contributed by atoms with Crippen molar-refractivity contribution in [2.24, 2.45) is 0 Å². The first-order chi connectivity index (χ1) is 10.3. The Balaban J connectivity index is 2.31. The van der Waals surface area contributed by atoms with E-state index in [0.29, 0.717) is 6.42 Å². The molecule has 1 amide bonds.